The second-order valence-electron chi connectivity index (χ2n) is 7.65. The molecule has 0 unspecified atom stereocenters. The van der Waals surface area contributed by atoms with Crippen LogP contribution >= 0.6 is 0 Å². The summed E-state index contributed by atoms with van der Waals surface area (Å²) in [6, 6.07) is 10.5. The molecule has 0 aliphatic rings. The molecule has 2 rings (SSSR count). The van der Waals surface area contributed by atoms with Gasteiger partial charge in [0.2, 0.25) is 0 Å². The van der Waals surface area contributed by atoms with Crippen LogP contribution in [-0.4, -0.2) is 55.7 Å². The van der Waals surface area contributed by atoms with E-state index in [0.717, 1.165) is 11.1 Å². The lowest BCUT2D eigenvalue weighted by atomic mass is 10.0. The second-order valence-corrected chi connectivity index (χ2v) is 7.65. The predicted octanol–water partition coefficient (Wildman–Crippen LogP) is 4.17. The van der Waals surface area contributed by atoms with Crippen LogP contribution in [0.2, 0.25) is 0 Å². The van der Waals surface area contributed by atoms with Gasteiger partial charge in [0.05, 0.1) is 31.8 Å². The molecule has 2 aromatic rings. The van der Waals surface area contributed by atoms with Crippen LogP contribution in [-0.2, 0) is 22.4 Å². The van der Waals surface area contributed by atoms with E-state index in [1.165, 1.54) is 12.1 Å². The lowest BCUT2D eigenvalue weighted by molar-refractivity contribution is -0.142. The van der Waals surface area contributed by atoms with Gasteiger partial charge in [-0.05, 0) is 42.7 Å². The Kier molecular flexibility index (Phi) is 10.3. The minimum atomic E-state index is -0.260. The number of rotatable bonds is 13. The average Bonchev–Trinajstić information content (AvgIpc) is 2.78. The predicted molar refractivity (Wildman–Crippen MR) is 127 cm³/mol. The number of phenolic OH excluding ortho intramolecular Hbond substituents is 1. The number of aryl methyl sites for hydroxylation is 1. The van der Waals surface area contributed by atoms with E-state index in [9.17, 15) is 14.7 Å². The van der Waals surface area contributed by atoms with Gasteiger partial charge < -0.3 is 24.2 Å². The van der Waals surface area contributed by atoms with Crippen LogP contribution in [0.3, 0.4) is 0 Å². The van der Waals surface area contributed by atoms with E-state index >= 15 is 0 Å². The Bertz CT molecular complexity index is 950. The zero-order chi connectivity index (χ0) is 24.2. The molecule has 0 amide bonds. The van der Waals surface area contributed by atoms with Gasteiger partial charge in [0, 0.05) is 38.9 Å². The molecule has 0 atom stereocenters. The first-order chi connectivity index (χ1) is 15.8. The number of ketones is 1. The Morgan fingerprint density at radius 2 is 1.73 bits per heavy atom. The highest BCUT2D eigenvalue weighted by Crippen LogP contribution is 2.29. The summed E-state index contributed by atoms with van der Waals surface area (Å²) in [6.45, 7) is 4.99. The molecular formula is C26H33NO6. The molecule has 0 radical (unpaired) electrons. The number of benzene rings is 2. The highest BCUT2D eigenvalue weighted by atomic mass is 16.5. The number of phenols is 1. The molecule has 7 nitrogen and oxygen atoms in total. The van der Waals surface area contributed by atoms with Crippen LogP contribution in [0.5, 0.6) is 17.2 Å². The third-order valence-corrected chi connectivity index (χ3v) is 4.74. The van der Waals surface area contributed by atoms with Gasteiger partial charge in [0.15, 0.2) is 5.78 Å². The molecule has 7 heteroatoms. The third kappa shape index (κ3) is 8.52. The van der Waals surface area contributed by atoms with Crippen molar-refractivity contribution in [2.75, 3.05) is 33.9 Å². The summed E-state index contributed by atoms with van der Waals surface area (Å²) < 4.78 is 16.5. The Balaban J connectivity index is 1.84. The van der Waals surface area contributed by atoms with Crippen molar-refractivity contribution in [3.05, 3.63) is 65.4 Å². The average molecular weight is 456 g/mol. The van der Waals surface area contributed by atoms with Crippen molar-refractivity contribution in [2.45, 2.75) is 33.1 Å². The fourth-order valence-electron chi connectivity index (χ4n) is 3.04. The van der Waals surface area contributed by atoms with Crippen LogP contribution < -0.4 is 9.47 Å². The highest BCUT2D eigenvalue weighted by Gasteiger charge is 2.14. The number of allylic oxidation sites excluding steroid dienone is 1. The number of hydrogen-bond acceptors (Lipinski definition) is 7. The molecule has 0 fully saturated rings. The molecule has 0 aromatic heterocycles. The summed E-state index contributed by atoms with van der Waals surface area (Å²) in [5, 5.41) is 10.3. The molecule has 0 spiro atoms. The summed E-state index contributed by atoms with van der Waals surface area (Å²) in [5.41, 5.74) is 1.98. The normalized spacial score (nSPS) is 10.8. The maximum atomic E-state index is 12.3. The lowest BCUT2D eigenvalue weighted by Crippen LogP contribution is -2.08. The number of nitrogens with zero attached hydrogens (tertiary/aromatic N) is 1. The Morgan fingerprint density at radius 1 is 1.03 bits per heavy atom. The number of hydrogen-bond donors (Lipinski definition) is 1. The van der Waals surface area contributed by atoms with Crippen molar-refractivity contribution in [3.8, 4) is 17.2 Å². The van der Waals surface area contributed by atoms with Crippen LogP contribution in [0.4, 0.5) is 0 Å². The molecule has 0 saturated carbocycles. The number of esters is 1. The number of carbonyl (C=O) groups excluding carboxylic acids is 2. The van der Waals surface area contributed by atoms with E-state index < -0.39 is 0 Å². The van der Waals surface area contributed by atoms with Gasteiger partial charge in [0.25, 0.3) is 0 Å². The van der Waals surface area contributed by atoms with E-state index in [-0.39, 0.29) is 29.5 Å². The number of ether oxygens (including phenoxy) is 3. The molecule has 0 bridgehead atoms. The summed E-state index contributed by atoms with van der Waals surface area (Å²) >= 11 is 0. The molecule has 178 valence electrons. The smallest absolute Gasteiger partial charge is 0.310 e. The molecule has 0 saturated heterocycles. The summed E-state index contributed by atoms with van der Waals surface area (Å²) in [7, 11) is 3.64. The highest BCUT2D eigenvalue weighted by molar-refractivity contribution is 6.06. The summed E-state index contributed by atoms with van der Waals surface area (Å²) in [6.07, 6.45) is 4.62. The van der Waals surface area contributed by atoms with Crippen molar-refractivity contribution >= 4 is 11.8 Å². The molecule has 0 aliphatic heterocycles. The minimum absolute atomic E-state index is 0.102. The maximum Gasteiger partial charge on any atom is 0.310 e. The van der Waals surface area contributed by atoms with E-state index in [1.54, 1.807) is 24.1 Å². The van der Waals surface area contributed by atoms with Gasteiger partial charge in [-0.15, -0.1) is 0 Å². The zero-order valence-corrected chi connectivity index (χ0v) is 19.8. The van der Waals surface area contributed by atoms with Gasteiger partial charge >= 0.3 is 5.97 Å². The standard InChI is InChI=1S/C26H33NO6/c1-5-20-17-22(23(28)12-13-27(3)4)24(29)18-25(20)33-15-7-14-32-21-10-8-19(9-11-21)16-26(30)31-6-2/h8-13,17-18,29H,5-7,14-16H2,1-4H3/b13-12-. The van der Waals surface area contributed by atoms with Gasteiger partial charge in [-0.1, -0.05) is 19.1 Å². The Labute approximate surface area is 195 Å². The molecule has 2 aromatic carbocycles. The SMILES string of the molecule is CCOC(=O)Cc1ccc(OCCCOc2cc(O)c(C(=O)/C=C\N(C)C)cc2CC)cc1. The van der Waals surface area contributed by atoms with Crippen molar-refractivity contribution in [3.63, 3.8) is 0 Å². The van der Waals surface area contributed by atoms with Crippen molar-refractivity contribution in [1.29, 1.82) is 0 Å². The van der Waals surface area contributed by atoms with Gasteiger partial charge in [-0.2, -0.15) is 0 Å². The third-order valence-electron chi connectivity index (χ3n) is 4.74. The first kappa shape index (κ1) is 25.8. The van der Waals surface area contributed by atoms with Crippen molar-refractivity contribution in [2.24, 2.45) is 0 Å². The topological polar surface area (TPSA) is 85.3 Å². The van der Waals surface area contributed by atoms with Crippen LogP contribution in [0.25, 0.3) is 0 Å². The Morgan fingerprint density at radius 3 is 2.36 bits per heavy atom. The summed E-state index contributed by atoms with van der Waals surface area (Å²) in [5.74, 6) is 0.664. The first-order valence-corrected chi connectivity index (χ1v) is 11.1. The lowest BCUT2D eigenvalue weighted by Gasteiger charge is -2.13. The van der Waals surface area contributed by atoms with Crippen LogP contribution in [0, 0.1) is 0 Å². The van der Waals surface area contributed by atoms with E-state index in [4.69, 9.17) is 14.2 Å². The fourth-order valence-corrected chi connectivity index (χ4v) is 3.04. The zero-order valence-electron chi connectivity index (χ0n) is 19.8. The number of carbonyl (C=O) groups is 2. The fraction of sp³-hybridized carbons (Fsp3) is 0.385. The second kappa shape index (κ2) is 13.2. The van der Waals surface area contributed by atoms with Crippen LogP contribution in [0.1, 0.15) is 41.8 Å². The molecule has 0 aliphatic carbocycles. The largest absolute Gasteiger partial charge is 0.507 e. The molecule has 33 heavy (non-hydrogen) atoms. The van der Waals surface area contributed by atoms with Crippen LogP contribution in [0.15, 0.2) is 48.7 Å². The van der Waals surface area contributed by atoms with Gasteiger partial charge in [-0.3, -0.25) is 9.59 Å². The summed E-state index contributed by atoms with van der Waals surface area (Å²) in [4.78, 5) is 25.6. The molecule has 1 N–H and O–H groups in total. The molecular weight excluding hydrogens is 422 g/mol. The first-order valence-electron chi connectivity index (χ1n) is 11.1. The van der Waals surface area contributed by atoms with E-state index in [2.05, 4.69) is 0 Å². The van der Waals surface area contributed by atoms with E-state index in [0.29, 0.717) is 44.2 Å². The van der Waals surface area contributed by atoms with E-state index in [1.807, 2.05) is 45.3 Å². The van der Waals surface area contributed by atoms with Crippen molar-refractivity contribution < 1.29 is 28.9 Å². The van der Waals surface area contributed by atoms with Gasteiger partial charge in [0.1, 0.15) is 17.2 Å². The quantitative estimate of drug-likeness (QED) is 0.210. The Hall–Kier alpha value is -3.48. The maximum absolute atomic E-state index is 12.3. The monoisotopic (exact) mass is 455 g/mol. The number of aromatic hydroxyl groups is 1. The van der Waals surface area contributed by atoms with Crippen molar-refractivity contribution in [1.82, 2.24) is 4.90 Å². The minimum Gasteiger partial charge on any atom is -0.507 e. The molecule has 0 heterocycles. The van der Waals surface area contributed by atoms with Gasteiger partial charge in [-0.25, -0.2) is 0 Å².